The lowest BCUT2D eigenvalue weighted by Crippen LogP contribution is -2.70. The summed E-state index contributed by atoms with van der Waals surface area (Å²) in [5.74, 6) is -0.466. The molecule has 3 amide bonds. The SMILES string of the molecule is CC1=C(C(N)=O)N2C(=O)[C@H](NC(=O)Cc3ccccc3)[C@@H]2SC1. The molecule has 0 spiro atoms. The first-order valence-corrected chi connectivity index (χ1v) is 8.31. The van der Waals surface area contributed by atoms with E-state index in [1.54, 1.807) is 6.92 Å². The van der Waals surface area contributed by atoms with Crippen LogP contribution in [0.2, 0.25) is 0 Å². The fraction of sp³-hybridized carbons (Fsp3) is 0.312. The number of β-lactam (4-membered cyclic amide) rings is 1. The van der Waals surface area contributed by atoms with Crippen LogP contribution in [0.5, 0.6) is 0 Å². The van der Waals surface area contributed by atoms with Gasteiger partial charge in [0.05, 0.1) is 6.42 Å². The molecular weight excluding hydrogens is 314 g/mol. The molecule has 0 aromatic heterocycles. The molecule has 120 valence electrons. The molecule has 3 rings (SSSR count). The molecule has 7 heteroatoms. The lowest BCUT2D eigenvalue weighted by atomic mass is 10.0. The lowest BCUT2D eigenvalue weighted by Gasteiger charge is -2.49. The van der Waals surface area contributed by atoms with Gasteiger partial charge < -0.3 is 11.1 Å². The van der Waals surface area contributed by atoms with Gasteiger partial charge in [-0.05, 0) is 18.1 Å². The van der Waals surface area contributed by atoms with Gasteiger partial charge in [-0.2, -0.15) is 0 Å². The number of carbonyl (C=O) groups excluding carboxylic acids is 3. The molecule has 1 fully saturated rings. The van der Waals surface area contributed by atoms with E-state index in [0.717, 1.165) is 11.1 Å². The number of nitrogens with one attached hydrogen (secondary N) is 1. The molecule has 6 nitrogen and oxygen atoms in total. The Morgan fingerprint density at radius 3 is 2.70 bits per heavy atom. The summed E-state index contributed by atoms with van der Waals surface area (Å²) in [7, 11) is 0. The van der Waals surface area contributed by atoms with Crippen LogP contribution in [-0.4, -0.2) is 39.8 Å². The predicted octanol–water partition coefficient (Wildman–Crippen LogP) is 0.388. The van der Waals surface area contributed by atoms with Crippen molar-refractivity contribution in [2.24, 2.45) is 5.73 Å². The molecule has 1 saturated heterocycles. The van der Waals surface area contributed by atoms with E-state index in [1.165, 1.54) is 16.7 Å². The molecule has 3 N–H and O–H groups in total. The van der Waals surface area contributed by atoms with Crippen molar-refractivity contribution < 1.29 is 14.4 Å². The van der Waals surface area contributed by atoms with Crippen LogP contribution >= 0.6 is 11.8 Å². The zero-order valence-corrected chi connectivity index (χ0v) is 13.4. The average molecular weight is 331 g/mol. The molecule has 23 heavy (non-hydrogen) atoms. The minimum Gasteiger partial charge on any atom is -0.364 e. The smallest absolute Gasteiger partial charge is 0.265 e. The number of primary amides is 1. The van der Waals surface area contributed by atoms with E-state index >= 15 is 0 Å². The second kappa shape index (κ2) is 6.08. The number of nitrogens with two attached hydrogens (primary N) is 1. The molecule has 1 aromatic rings. The minimum atomic E-state index is -0.602. The molecule has 2 heterocycles. The molecule has 1 aromatic carbocycles. The van der Waals surface area contributed by atoms with E-state index in [0.29, 0.717) is 5.75 Å². The van der Waals surface area contributed by atoms with Crippen molar-refractivity contribution in [2.45, 2.75) is 24.8 Å². The summed E-state index contributed by atoms with van der Waals surface area (Å²) >= 11 is 1.53. The maximum absolute atomic E-state index is 12.3. The summed E-state index contributed by atoms with van der Waals surface area (Å²) in [6.07, 6.45) is 0.222. The van der Waals surface area contributed by atoms with Crippen molar-refractivity contribution in [2.75, 3.05) is 5.75 Å². The monoisotopic (exact) mass is 331 g/mol. The van der Waals surface area contributed by atoms with Gasteiger partial charge in [0.15, 0.2) is 0 Å². The van der Waals surface area contributed by atoms with Gasteiger partial charge in [-0.15, -0.1) is 11.8 Å². The third-order valence-corrected chi connectivity index (χ3v) is 5.34. The van der Waals surface area contributed by atoms with Crippen molar-refractivity contribution in [3.8, 4) is 0 Å². The average Bonchev–Trinajstić information content (AvgIpc) is 2.53. The minimum absolute atomic E-state index is 0.207. The first-order valence-electron chi connectivity index (χ1n) is 7.26. The molecule has 2 atom stereocenters. The highest BCUT2D eigenvalue weighted by Crippen LogP contribution is 2.39. The molecular formula is C16H17N3O3S. The highest BCUT2D eigenvalue weighted by Gasteiger charge is 2.53. The maximum Gasteiger partial charge on any atom is 0.265 e. The first kappa shape index (κ1) is 15.6. The van der Waals surface area contributed by atoms with Crippen molar-refractivity contribution >= 4 is 29.5 Å². The Morgan fingerprint density at radius 2 is 2.04 bits per heavy atom. The molecule has 0 saturated carbocycles. The summed E-state index contributed by atoms with van der Waals surface area (Å²) in [6, 6.07) is 8.74. The van der Waals surface area contributed by atoms with Gasteiger partial charge in [-0.25, -0.2) is 0 Å². The Morgan fingerprint density at radius 1 is 1.35 bits per heavy atom. The third kappa shape index (κ3) is 2.84. The Balaban J connectivity index is 1.67. The van der Waals surface area contributed by atoms with Crippen molar-refractivity contribution in [1.29, 1.82) is 0 Å². The molecule has 2 aliphatic heterocycles. The van der Waals surface area contributed by atoms with Crippen LogP contribution in [0.25, 0.3) is 0 Å². The van der Waals surface area contributed by atoms with Crippen LogP contribution in [0.1, 0.15) is 12.5 Å². The number of benzene rings is 1. The van der Waals surface area contributed by atoms with Crippen LogP contribution in [0.15, 0.2) is 41.6 Å². The second-order valence-electron chi connectivity index (χ2n) is 5.61. The van der Waals surface area contributed by atoms with Gasteiger partial charge in [0, 0.05) is 5.75 Å². The van der Waals surface area contributed by atoms with Gasteiger partial charge in [0.2, 0.25) is 5.91 Å². The Labute approximate surface area is 138 Å². The van der Waals surface area contributed by atoms with Crippen molar-refractivity contribution in [3.05, 3.63) is 47.2 Å². The zero-order valence-electron chi connectivity index (χ0n) is 12.6. The van der Waals surface area contributed by atoms with Gasteiger partial charge >= 0.3 is 0 Å². The zero-order chi connectivity index (χ0) is 16.6. The first-order chi connectivity index (χ1) is 11.0. The summed E-state index contributed by atoms with van der Waals surface area (Å²) in [4.78, 5) is 37.4. The fourth-order valence-electron chi connectivity index (χ4n) is 2.82. The largest absolute Gasteiger partial charge is 0.364 e. The number of carbonyl (C=O) groups is 3. The van der Waals surface area contributed by atoms with Crippen LogP contribution < -0.4 is 11.1 Å². The lowest BCUT2D eigenvalue weighted by molar-refractivity contribution is -0.147. The number of rotatable bonds is 4. The highest BCUT2D eigenvalue weighted by atomic mass is 32.2. The van der Waals surface area contributed by atoms with E-state index in [2.05, 4.69) is 5.32 Å². The van der Waals surface area contributed by atoms with E-state index < -0.39 is 11.9 Å². The third-order valence-electron chi connectivity index (χ3n) is 3.92. The normalized spacial score (nSPS) is 23.2. The standard InChI is InChI=1S/C16H17N3O3S/c1-9-8-23-16-12(15(22)19(16)13(9)14(17)21)18-11(20)7-10-5-3-2-4-6-10/h2-6,12,16H,7-8H2,1H3,(H2,17,21)(H,18,20)/t12-,16-/m0/s1. The highest BCUT2D eigenvalue weighted by molar-refractivity contribution is 8.00. The summed E-state index contributed by atoms with van der Waals surface area (Å²) in [5, 5.41) is 2.51. The number of amides is 3. The molecule has 0 unspecified atom stereocenters. The Hall–Kier alpha value is -2.28. The molecule has 2 aliphatic rings. The van der Waals surface area contributed by atoms with Crippen molar-refractivity contribution in [1.82, 2.24) is 10.2 Å². The van der Waals surface area contributed by atoms with Gasteiger partial charge in [-0.3, -0.25) is 19.3 Å². The van der Waals surface area contributed by atoms with E-state index in [-0.39, 0.29) is 29.3 Å². The summed E-state index contributed by atoms with van der Waals surface area (Å²) < 4.78 is 0. The fourth-order valence-corrected chi connectivity index (χ4v) is 4.12. The van der Waals surface area contributed by atoms with E-state index in [4.69, 9.17) is 5.73 Å². The number of nitrogens with zero attached hydrogens (tertiary/aromatic N) is 1. The molecule has 0 aliphatic carbocycles. The second-order valence-corrected chi connectivity index (χ2v) is 6.72. The van der Waals surface area contributed by atoms with Crippen molar-refractivity contribution in [3.63, 3.8) is 0 Å². The van der Waals surface area contributed by atoms with Crippen LogP contribution in [0, 0.1) is 0 Å². The number of thioether (sulfide) groups is 1. The number of hydrogen-bond acceptors (Lipinski definition) is 4. The predicted molar refractivity (Wildman–Crippen MR) is 87.1 cm³/mol. The van der Waals surface area contributed by atoms with E-state index in [9.17, 15) is 14.4 Å². The number of fused-ring (bicyclic) bond motifs is 1. The quantitative estimate of drug-likeness (QED) is 0.781. The maximum atomic E-state index is 12.3. The van der Waals surface area contributed by atoms with Gasteiger partial charge in [0.1, 0.15) is 17.1 Å². The van der Waals surface area contributed by atoms with Crippen LogP contribution in [-0.2, 0) is 20.8 Å². The molecule has 0 bridgehead atoms. The van der Waals surface area contributed by atoms with Crippen LogP contribution in [0.3, 0.4) is 0 Å². The molecule has 0 radical (unpaired) electrons. The summed E-state index contributed by atoms with van der Waals surface area (Å²) in [6.45, 7) is 1.79. The number of hydrogen-bond donors (Lipinski definition) is 2. The summed E-state index contributed by atoms with van der Waals surface area (Å²) in [5.41, 5.74) is 7.32. The Kier molecular flexibility index (Phi) is 4.12. The Bertz CT molecular complexity index is 702. The topological polar surface area (TPSA) is 92.5 Å². The van der Waals surface area contributed by atoms with Gasteiger partial charge in [-0.1, -0.05) is 30.3 Å². The van der Waals surface area contributed by atoms with Crippen LogP contribution in [0.4, 0.5) is 0 Å². The van der Waals surface area contributed by atoms with Gasteiger partial charge in [0.25, 0.3) is 11.8 Å². The van der Waals surface area contributed by atoms with E-state index in [1.807, 2.05) is 30.3 Å².